The first-order chi connectivity index (χ1) is 9.44. The van der Waals surface area contributed by atoms with Gasteiger partial charge in [-0.25, -0.2) is 0 Å². The highest BCUT2D eigenvalue weighted by Gasteiger charge is 2.33. The molecule has 2 heterocycles. The highest BCUT2D eigenvalue weighted by molar-refractivity contribution is 5.62. The molecule has 1 fully saturated rings. The van der Waals surface area contributed by atoms with Gasteiger partial charge in [0, 0.05) is 18.7 Å². The van der Waals surface area contributed by atoms with Gasteiger partial charge in [-0.05, 0) is 19.4 Å². The lowest BCUT2D eigenvalue weighted by Crippen LogP contribution is -2.19. The summed E-state index contributed by atoms with van der Waals surface area (Å²) >= 11 is 0. The summed E-state index contributed by atoms with van der Waals surface area (Å²) in [6.45, 7) is 4.44. The van der Waals surface area contributed by atoms with Crippen LogP contribution in [0.25, 0.3) is 11.3 Å². The number of nitrogens with zero attached hydrogens (tertiary/aromatic N) is 2. The first-order valence-electron chi connectivity index (χ1n) is 6.66. The van der Waals surface area contributed by atoms with E-state index in [2.05, 4.69) is 17.2 Å². The van der Waals surface area contributed by atoms with Gasteiger partial charge < -0.3 is 15.2 Å². The fourth-order valence-electron chi connectivity index (χ4n) is 2.34. The average molecular weight is 273 g/mol. The van der Waals surface area contributed by atoms with E-state index in [0.29, 0.717) is 12.4 Å². The Balaban J connectivity index is 1.81. The van der Waals surface area contributed by atoms with E-state index in [-0.39, 0.29) is 6.10 Å². The van der Waals surface area contributed by atoms with Crippen LogP contribution >= 0.6 is 0 Å². The number of aryl methyl sites for hydroxylation is 1. The third-order valence-corrected chi connectivity index (χ3v) is 3.50. The van der Waals surface area contributed by atoms with Crippen LogP contribution in [-0.2, 0) is 16.5 Å². The van der Waals surface area contributed by atoms with Crippen LogP contribution in [-0.4, -0.2) is 22.2 Å². The van der Waals surface area contributed by atoms with Crippen molar-refractivity contribution in [1.29, 1.82) is 0 Å². The number of nitrogens with two attached hydrogens (primary N) is 1. The van der Waals surface area contributed by atoms with Crippen molar-refractivity contribution in [2.24, 2.45) is 7.05 Å². The normalized spacial score (nSPS) is 21.2. The molecule has 2 aromatic rings. The lowest BCUT2D eigenvalue weighted by Gasteiger charge is -2.17. The van der Waals surface area contributed by atoms with Crippen LogP contribution in [0.15, 0.2) is 30.3 Å². The van der Waals surface area contributed by atoms with E-state index < -0.39 is 5.79 Å². The molecular formula is C15H19N3O2. The smallest absolute Gasteiger partial charge is 0.163 e. The molecule has 1 atom stereocenters. The molecule has 1 aliphatic rings. The van der Waals surface area contributed by atoms with Crippen molar-refractivity contribution < 1.29 is 9.47 Å². The Labute approximate surface area is 118 Å². The van der Waals surface area contributed by atoms with E-state index in [9.17, 15) is 0 Å². The number of hydrogen-bond donors (Lipinski definition) is 1. The van der Waals surface area contributed by atoms with Crippen LogP contribution in [0.5, 0.6) is 0 Å². The summed E-state index contributed by atoms with van der Waals surface area (Å²) in [6.07, 6.45) is -0.00662. The SMILES string of the molecule is Cn1nc(-c2ccc(C3COC(C)(C)O3)cc2)cc1N. The first kappa shape index (κ1) is 13.1. The highest BCUT2D eigenvalue weighted by atomic mass is 16.7. The van der Waals surface area contributed by atoms with Crippen molar-refractivity contribution in [2.75, 3.05) is 12.3 Å². The Hall–Kier alpha value is -1.85. The summed E-state index contributed by atoms with van der Waals surface area (Å²) in [7, 11) is 1.83. The Morgan fingerprint density at radius 1 is 1.30 bits per heavy atom. The minimum atomic E-state index is -0.501. The molecule has 0 aliphatic carbocycles. The van der Waals surface area contributed by atoms with E-state index in [0.717, 1.165) is 16.8 Å². The number of anilines is 1. The minimum Gasteiger partial charge on any atom is -0.384 e. The number of ether oxygens (including phenoxy) is 2. The summed E-state index contributed by atoms with van der Waals surface area (Å²) in [5.74, 6) is 0.150. The van der Waals surface area contributed by atoms with Gasteiger partial charge in [-0.3, -0.25) is 4.68 Å². The summed E-state index contributed by atoms with van der Waals surface area (Å²) in [5, 5.41) is 4.37. The van der Waals surface area contributed by atoms with Gasteiger partial charge in [0.1, 0.15) is 11.9 Å². The van der Waals surface area contributed by atoms with Gasteiger partial charge in [-0.2, -0.15) is 5.10 Å². The summed E-state index contributed by atoms with van der Waals surface area (Å²) in [5.41, 5.74) is 8.83. The van der Waals surface area contributed by atoms with Gasteiger partial charge in [-0.1, -0.05) is 24.3 Å². The monoisotopic (exact) mass is 273 g/mol. The van der Waals surface area contributed by atoms with E-state index in [1.807, 2.05) is 39.1 Å². The van der Waals surface area contributed by atoms with Gasteiger partial charge in [0.2, 0.25) is 0 Å². The zero-order valence-electron chi connectivity index (χ0n) is 12.0. The molecule has 0 radical (unpaired) electrons. The molecule has 1 aromatic heterocycles. The number of rotatable bonds is 2. The van der Waals surface area contributed by atoms with E-state index in [1.165, 1.54) is 0 Å². The topological polar surface area (TPSA) is 62.3 Å². The van der Waals surface area contributed by atoms with Crippen LogP contribution in [0.2, 0.25) is 0 Å². The molecule has 106 valence electrons. The fourth-order valence-corrected chi connectivity index (χ4v) is 2.34. The Bertz CT molecular complexity index is 597. The molecule has 20 heavy (non-hydrogen) atoms. The molecule has 3 rings (SSSR count). The van der Waals surface area contributed by atoms with Crippen molar-refractivity contribution in [3.8, 4) is 11.3 Å². The van der Waals surface area contributed by atoms with Crippen molar-refractivity contribution in [3.63, 3.8) is 0 Å². The van der Waals surface area contributed by atoms with E-state index >= 15 is 0 Å². The van der Waals surface area contributed by atoms with Gasteiger partial charge in [0.05, 0.1) is 12.3 Å². The van der Waals surface area contributed by atoms with Crippen LogP contribution in [0, 0.1) is 0 Å². The molecule has 0 amide bonds. The molecule has 5 nitrogen and oxygen atoms in total. The summed E-state index contributed by atoms with van der Waals surface area (Å²) < 4.78 is 13.1. The summed E-state index contributed by atoms with van der Waals surface area (Å²) in [6, 6.07) is 10.0. The van der Waals surface area contributed by atoms with Gasteiger partial charge in [-0.15, -0.1) is 0 Å². The lowest BCUT2D eigenvalue weighted by atomic mass is 10.1. The highest BCUT2D eigenvalue weighted by Crippen LogP contribution is 2.33. The number of nitrogen functional groups attached to an aromatic ring is 1. The predicted octanol–water partition coefficient (Wildman–Crippen LogP) is 2.49. The molecule has 5 heteroatoms. The predicted molar refractivity (Wildman–Crippen MR) is 76.9 cm³/mol. The molecule has 1 saturated heterocycles. The molecule has 0 spiro atoms. The zero-order valence-corrected chi connectivity index (χ0v) is 12.0. The first-order valence-corrected chi connectivity index (χ1v) is 6.66. The second-order valence-corrected chi connectivity index (χ2v) is 5.52. The molecule has 1 aromatic carbocycles. The standard InChI is InChI=1S/C15H19N3O2/c1-15(2)19-9-13(20-15)11-6-4-10(5-7-11)12-8-14(16)18(3)17-12/h4-8,13H,9,16H2,1-3H3. The third-order valence-electron chi connectivity index (χ3n) is 3.50. The van der Waals surface area contributed by atoms with Crippen LogP contribution in [0.1, 0.15) is 25.5 Å². The molecule has 0 bridgehead atoms. The third kappa shape index (κ3) is 2.42. The summed E-state index contributed by atoms with van der Waals surface area (Å²) in [4.78, 5) is 0. The molecular weight excluding hydrogens is 254 g/mol. The van der Waals surface area contributed by atoms with Crippen molar-refractivity contribution in [3.05, 3.63) is 35.9 Å². The quantitative estimate of drug-likeness (QED) is 0.913. The van der Waals surface area contributed by atoms with Gasteiger partial charge in [0.15, 0.2) is 5.79 Å². The van der Waals surface area contributed by atoms with Crippen molar-refractivity contribution in [1.82, 2.24) is 9.78 Å². The van der Waals surface area contributed by atoms with Crippen LogP contribution in [0.3, 0.4) is 0 Å². The molecule has 0 saturated carbocycles. The van der Waals surface area contributed by atoms with Crippen molar-refractivity contribution in [2.45, 2.75) is 25.7 Å². The lowest BCUT2D eigenvalue weighted by molar-refractivity contribution is -0.139. The maximum Gasteiger partial charge on any atom is 0.163 e. The Morgan fingerprint density at radius 2 is 2.00 bits per heavy atom. The van der Waals surface area contributed by atoms with Gasteiger partial charge >= 0.3 is 0 Å². The number of benzene rings is 1. The second kappa shape index (κ2) is 4.61. The second-order valence-electron chi connectivity index (χ2n) is 5.52. The maximum absolute atomic E-state index is 5.84. The molecule has 1 unspecified atom stereocenters. The minimum absolute atomic E-state index is 0.00662. The zero-order chi connectivity index (χ0) is 14.3. The van der Waals surface area contributed by atoms with Crippen molar-refractivity contribution >= 4 is 5.82 Å². The van der Waals surface area contributed by atoms with Gasteiger partial charge in [0.25, 0.3) is 0 Å². The average Bonchev–Trinajstić information content (AvgIpc) is 2.93. The van der Waals surface area contributed by atoms with Crippen LogP contribution < -0.4 is 5.73 Å². The number of hydrogen-bond acceptors (Lipinski definition) is 4. The Kier molecular flexibility index (Phi) is 3.03. The van der Waals surface area contributed by atoms with Crippen LogP contribution in [0.4, 0.5) is 5.82 Å². The van der Waals surface area contributed by atoms with E-state index in [1.54, 1.807) is 4.68 Å². The maximum atomic E-state index is 5.84. The number of aromatic nitrogens is 2. The Morgan fingerprint density at radius 3 is 2.50 bits per heavy atom. The largest absolute Gasteiger partial charge is 0.384 e. The molecule has 2 N–H and O–H groups in total. The molecule has 1 aliphatic heterocycles. The van der Waals surface area contributed by atoms with E-state index in [4.69, 9.17) is 15.2 Å². The fraction of sp³-hybridized carbons (Fsp3) is 0.400.